The fourth-order valence-corrected chi connectivity index (χ4v) is 2.26. The van der Waals surface area contributed by atoms with Crippen LogP contribution in [0.4, 0.5) is 10.1 Å². The second-order valence-electron chi connectivity index (χ2n) is 5.13. The van der Waals surface area contributed by atoms with E-state index in [9.17, 15) is 9.18 Å². The van der Waals surface area contributed by atoms with Crippen molar-refractivity contribution in [2.75, 3.05) is 18.0 Å². The van der Waals surface area contributed by atoms with Gasteiger partial charge in [-0.05, 0) is 24.0 Å². The molecule has 0 N–H and O–H groups in total. The van der Waals surface area contributed by atoms with Gasteiger partial charge in [-0.15, -0.1) is 0 Å². The molecule has 0 aromatic heterocycles. The van der Waals surface area contributed by atoms with Crippen molar-refractivity contribution in [3.05, 3.63) is 29.6 Å². The summed E-state index contributed by atoms with van der Waals surface area (Å²) in [4.78, 5) is 12.9. The van der Waals surface area contributed by atoms with Crippen LogP contribution in [0.5, 0.6) is 0 Å². The van der Waals surface area contributed by atoms with Gasteiger partial charge >= 0.3 is 0 Å². The highest BCUT2D eigenvalue weighted by Gasteiger charge is 2.31. The van der Waals surface area contributed by atoms with E-state index in [4.69, 9.17) is 0 Å². The van der Waals surface area contributed by atoms with E-state index in [1.165, 1.54) is 6.07 Å². The van der Waals surface area contributed by atoms with Crippen molar-refractivity contribution >= 4 is 12.0 Å². The molecule has 1 aromatic carbocycles. The number of hydrogen-bond acceptors (Lipinski definition) is 2. The molecule has 0 unspecified atom stereocenters. The minimum absolute atomic E-state index is 0.197. The van der Waals surface area contributed by atoms with Crippen LogP contribution in [0.25, 0.3) is 0 Å². The van der Waals surface area contributed by atoms with E-state index in [-0.39, 0.29) is 11.2 Å². The molecule has 2 rings (SSSR count). The summed E-state index contributed by atoms with van der Waals surface area (Å²) in [7, 11) is 0. The van der Waals surface area contributed by atoms with Crippen LogP contribution in [-0.2, 0) is 0 Å². The Labute approximate surface area is 95.1 Å². The van der Waals surface area contributed by atoms with Crippen molar-refractivity contribution in [1.29, 1.82) is 0 Å². The van der Waals surface area contributed by atoms with Gasteiger partial charge in [-0.3, -0.25) is 4.79 Å². The van der Waals surface area contributed by atoms with E-state index in [2.05, 4.69) is 13.8 Å². The predicted octanol–water partition coefficient (Wildman–Crippen LogP) is 2.87. The molecule has 0 amide bonds. The first-order valence-electron chi connectivity index (χ1n) is 5.52. The zero-order valence-electron chi connectivity index (χ0n) is 9.66. The number of nitrogens with zero attached hydrogens (tertiary/aromatic N) is 1. The molecule has 0 aliphatic carbocycles. The highest BCUT2D eigenvalue weighted by atomic mass is 19.1. The second-order valence-corrected chi connectivity index (χ2v) is 5.13. The van der Waals surface area contributed by atoms with E-state index >= 15 is 0 Å². The number of anilines is 1. The molecular weight excluding hydrogens is 205 g/mol. The third-order valence-corrected chi connectivity index (χ3v) is 3.14. The van der Waals surface area contributed by atoms with Gasteiger partial charge in [-0.2, -0.15) is 0 Å². The van der Waals surface area contributed by atoms with Crippen molar-refractivity contribution in [3.8, 4) is 0 Å². The number of hydrogen-bond donors (Lipinski definition) is 0. The predicted molar refractivity (Wildman–Crippen MR) is 62.4 cm³/mol. The maximum atomic E-state index is 13.7. The topological polar surface area (TPSA) is 20.3 Å². The fourth-order valence-electron chi connectivity index (χ4n) is 2.26. The Bertz CT molecular complexity index is 414. The summed E-state index contributed by atoms with van der Waals surface area (Å²) in [6, 6.07) is 4.65. The van der Waals surface area contributed by atoms with Crippen molar-refractivity contribution in [3.63, 3.8) is 0 Å². The Balaban J connectivity index is 2.37. The number of halogens is 1. The molecule has 1 saturated heterocycles. The average molecular weight is 221 g/mol. The van der Waals surface area contributed by atoms with Gasteiger partial charge in [0, 0.05) is 18.7 Å². The molecule has 1 fully saturated rings. The average Bonchev–Trinajstić information content (AvgIpc) is 2.58. The van der Waals surface area contributed by atoms with Gasteiger partial charge in [0.1, 0.15) is 5.82 Å². The molecule has 2 nitrogen and oxygen atoms in total. The molecule has 1 heterocycles. The van der Waals surface area contributed by atoms with Gasteiger partial charge in [0.2, 0.25) is 0 Å². The quantitative estimate of drug-likeness (QED) is 0.716. The molecule has 0 spiro atoms. The van der Waals surface area contributed by atoms with Crippen molar-refractivity contribution < 1.29 is 9.18 Å². The van der Waals surface area contributed by atoms with Crippen LogP contribution in [0.15, 0.2) is 18.2 Å². The molecule has 1 aromatic rings. The van der Waals surface area contributed by atoms with Crippen molar-refractivity contribution in [2.24, 2.45) is 5.41 Å². The van der Waals surface area contributed by atoms with Gasteiger partial charge in [-0.1, -0.05) is 19.9 Å². The first kappa shape index (κ1) is 11.1. The number of carbonyl (C=O) groups excluding carboxylic acids is 1. The summed E-state index contributed by atoms with van der Waals surface area (Å²) in [5, 5.41) is 0. The summed E-state index contributed by atoms with van der Waals surface area (Å²) < 4.78 is 13.7. The molecule has 16 heavy (non-hydrogen) atoms. The monoisotopic (exact) mass is 221 g/mol. The molecule has 0 atom stereocenters. The van der Waals surface area contributed by atoms with Gasteiger partial charge in [-0.25, -0.2) is 4.39 Å². The number of para-hydroxylation sites is 1. The first-order chi connectivity index (χ1) is 7.53. The van der Waals surface area contributed by atoms with E-state index in [0.29, 0.717) is 11.3 Å². The fraction of sp³-hybridized carbons (Fsp3) is 0.462. The van der Waals surface area contributed by atoms with E-state index in [1.54, 1.807) is 12.1 Å². The minimum Gasteiger partial charge on any atom is -0.368 e. The Hall–Kier alpha value is -1.38. The third kappa shape index (κ3) is 1.94. The molecule has 0 bridgehead atoms. The summed E-state index contributed by atoms with van der Waals surface area (Å²) in [5.74, 6) is -0.303. The summed E-state index contributed by atoms with van der Waals surface area (Å²) in [6.07, 6.45) is 1.75. The van der Waals surface area contributed by atoms with E-state index < -0.39 is 0 Å². The maximum Gasteiger partial charge on any atom is 0.152 e. The van der Waals surface area contributed by atoms with E-state index in [1.807, 2.05) is 4.90 Å². The Morgan fingerprint density at radius 2 is 2.19 bits per heavy atom. The van der Waals surface area contributed by atoms with Crippen LogP contribution in [0.1, 0.15) is 30.6 Å². The number of benzene rings is 1. The van der Waals surface area contributed by atoms with Crippen LogP contribution in [0, 0.1) is 11.2 Å². The minimum atomic E-state index is -0.303. The maximum absolute atomic E-state index is 13.7. The summed E-state index contributed by atoms with van der Waals surface area (Å²) in [6.45, 7) is 5.94. The molecule has 3 heteroatoms. The van der Waals surface area contributed by atoms with Crippen LogP contribution in [0.3, 0.4) is 0 Å². The second kappa shape index (κ2) is 3.89. The largest absolute Gasteiger partial charge is 0.368 e. The van der Waals surface area contributed by atoms with Gasteiger partial charge in [0.05, 0.1) is 5.69 Å². The zero-order chi connectivity index (χ0) is 11.8. The molecule has 0 radical (unpaired) electrons. The van der Waals surface area contributed by atoms with Gasteiger partial charge in [0.15, 0.2) is 6.29 Å². The molecule has 86 valence electrons. The molecule has 0 saturated carbocycles. The smallest absolute Gasteiger partial charge is 0.152 e. The van der Waals surface area contributed by atoms with Crippen LogP contribution >= 0.6 is 0 Å². The highest BCUT2D eigenvalue weighted by molar-refractivity contribution is 5.85. The lowest BCUT2D eigenvalue weighted by Gasteiger charge is -2.23. The number of aldehydes is 1. The SMILES string of the molecule is CC1(C)CCN(c2c(F)cccc2C=O)C1. The standard InChI is InChI=1S/C13H16FNO/c1-13(2)6-7-15(9-13)12-10(8-16)4-3-5-11(12)14/h3-5,8H,6-7,9H2,1-2H3. The van der Waals surface area contributed by atoms with Crippen LogP contribution in [-0.4, -0.2) is 19.4 Å². The number of carbonyl (C=O) groups is 1. The Morgan fingerprint density at radius 3 is 2.75 bits per heavy atom. The van der Waals surface area contributed by atoms with Crippen molar-refractivity contribution in [1.82, 2.24) is 0 Å². The molecular formula is C13H16FNO. The van der Waals surface area contributed by atoms with Gasteiger partial charge < -0.3 is 4.90 Å². The summed E-state index contributed by atoms with van der Waals surface area (Å²) in [5.41, 5.74) is 1.10. The Morgan fingerprint density at radius 1 is 1.44 bits per heavy atom. The lowest BCUT2D eigenvalue weighted by molar-refractivity contribution is 0.112. The van der Waals surface area contributed by atoms with Crippen LogP contribution in [0.2, 0.25) is 0 Å². The van der Waals surface area contributed by atoms with Gasteiger partial charge in [0.25, 0.3) is 0 Å². The summed E-state index contributed by atoms with van der Waals surface area (Å²) >= 11 is 0. The normalized spacial score (nSPS) is 18.8. The van der Waals surface area contributed by atoms with Crippen molar-refractivity contribution in [2.45, 2.75) is 20.3 Å². The first-order valence-corrected chi connectivity index (χ1v) is 5.52. The molecule has 1 aliphatic heterocycles. The number of rotatable bonds is 2. The zero-order valence-corrected chi connectivity index (χ0v) is 9.66. The Kier molecular flexibility index (Phi) is 2.70. The third-order valence-electron chi connectivity index (χ3n) is 3.14. The lowest BCUT2D eigenvalue weighted by atomic mass is 9.93. The highest BCUT2D eigenvalue weighted by Crippen LogP contribution is 2.34. The molecule has 1 aliphatic rings. The van der Waals surface area contributed by atoms with E-state index in [0.717, 1.165) is 25.8 Å². The van der Waals surface area contributed by atoms with Crippen LogP contribution < -0.4 is 4.90 Å². The lowest BCUT2D eigenvalue weighted by Crippen LogP contribution is -2.24.